The van der Waals surface area contributed by atoms with Crippen molar-refractivity contribution in [2.24, 2.45) is 0 Å². The summed E-state index contributed by atoms with van der Waals surface area (Å²) in [7, 11) is 0. The van der Waals surface area contributed by atoms with Gasteiger partial charge in [-0.1, -0.05) is 13.8 Å². The van der Waals surface area contributed by atoms with Crippen molar-refractivity contribution in [3.05, 3.63) is 24.0 Å². The zero-order chi connectivity index (χ0) is 9.14. The highest BCUT2D eigenvalue weighted by atomic mass is 19.3. The second kappa shape index (κ2) is 3.70. The topological polar surface area (TPSA) is 4.93 Å². The summed E-state index contributed by atoms with van der Waals surface area (Å²) in [4.78, 5) is 0. The van der Waals surface area contributed by atoms with Crippen LogP contribution in [0.2, 0.25) is 0 Å². The van der Waals surface area contributed by atoms with Crippen LogP contribution in [0.4, 0.5) is 8.78 Å². The molecule has 1 heterocycles. The fourth-order valence-corrected chi connectivity index (χ4v) is 1.07. The minimum atomic E-state index is -2.27. The van der Waals surface area contributed by atoms with E-state index >= 15 is 0 Å². The van der Waals surface area contributed by atoms with Crippen LogP contribution >= 0.6 is 0 Å². The van der Waals surface area contributed by atoms with Gasteiger partial charge in [0.2, 0.25) is 0 Å². The Balaban J connectivity index is 2.64. The zero-order valence-corrected chi connectivity index (χ0v) is 7.30. The molecule has 0 saturated heterocycles. The molecule has 0 fully saturated rings. The maximum Gasteiger partial charge on any atom is 0.256 e. The summed E-state index contributed by atoms with van der Waals surface area (Å²) in [6, 6.07) is 1.88. The molecule has 0 spiro atoms. The van der Waals surface area contributed by atoms with Gasteiger partial charge in [-0.15, -0.1) is 0 Å². The van der Waals surface area contributed by atoms with Crippen LogP contribution < -0.4 is 0 Å². The van der Waals surface area contributed by atoms with E-state index in [4.69, 9.17) is 0 Å². The Bertz CT molecular complexity index is 240. The molecular formula is C9H13F2N. The third-order valence-corrected chi connectivity index (χ3v) is 1.79. The van der Waals surface area contributed by atoms with E-state index in [1.165, 1.54) is 4.57 Å². The van der Waals surface area contributed by atoms with Crippen molar-refractivity contribution in [1.82, 2.24) is 4.57 Å². The smallest absolute Gasteiger partial charge is 0.256 e. The van der Waals surface area contributed by atoms with Crippen molar-refractivity contribution < 1.29 is 8.78 Å². The van der Waals surface area contributed by atoms with Crippen molar-refractivity contribution in [3.8, 4) is 0 Å². The summed E-state index contributed by atoms with van der Waals surface area (Å²) in [6.07, 6.45) is 1.20. The molecule has 0 bridgehead atoms. The zero-order valence-electron chi connectivity index (χ0n) is 7.30. The predicted molar refractivity (Wildman–Crippen MR) is 44.5 cm³/mol. The van der Waals surface area contributed by atoms with Gasteiger partial charge in [-0.25, -0.2) is 8.78 Å². The molecule has 12 heavy (non-hydrogen) atoms. The highest BCUT2D eigenvalue weighted by Crippen LogP contribution is 2.14. The van der Waals surface area contributed by atoms with E-state index < -0.39 is 6.43 Å². The number of rotatable bonds is 3. The first kappa shape index (κ1) is 9.23. The highest BCUT2D eigenvalue weighted by molar-refractivity contribution is 5.14. The Morgan fingerprint density at radius 3 is 2.50 bits per heavy atom. The van der Waals surface area contributed by atoms with Crippen molar-refractivity contribution in [2.75, 3.05) is 0 Å². The van der Waals surface area contributed by atoms with Crippen LogP contribution in [0.5, 0.6) is 0 Å². The summed E-state index contributed by atoms with van der Waals surface area (Å²) in [5.41, 5.74) is 1.11. The number of hydrogen-bond donors (Lipinski definition) is 0. The lowest BCUT2D eigenvalue weighted by molar-refractivity contribution is 0.126. The fourth-order valence-electron chi connectivity index (χ4n) is 1.07. The lowest BCUT2D eigenvalue weighted by Gasteiger charge is -2.01. The molecular weight excluding hydrogens is 160 g/mol. The number of halogens is 2. The quantitative estimate of drug-likeness (QED) is 0.662. The molecule has 0 saturated carbocycles. The summed E-state index contributed by atoms with van der Waals surface area (Å²) in [5.74, 6) is 0.406. The second-order valence-corrected chi connectivity index (χ2v) is 3.19. The van der Waals surface area contributed by atoms with Crippen LogP contribution in [0.3, 0.4) is 0 Å². The third kappa shape index (κ3) is 2.32. The van der Waals surface area contributed by atoms with Gasteiger partial charge in [0, 0.05) is 12.4 Å². The Morgan fingerprint density at radius 1 is 1.42 bits per heavy atom. The molecule has 0 aromatic carbocycles. The van der Waals surface area contributed by atoms with Gasteiger partial charge in [-0.05, 0) is 17.5 Å². The normalized spacial score (nSPS) is 11.5. The van der Waals surface area contributed by atoms with Gasteiger partial charge in [0.1, 0.15) is 0 Å². The molecule has 1 nitrogen and oxygen atoms in total. The first-order valence-corrected chi connectivity index (χ1v) is 4.03. The lowest BCUT2D eigenvalue weighted by atomic mass is 10.1. The van der Waals surface area contributed by atoms with E-state index in [0.29, 0.717) is 5.92 Å². The first-order chi connectivity index (χ1) is 5.59. The molecule has 0 aliphatic heterocycles. The van der Waals surface area contributed by atoms with Gasteiger partial charge in [0.05, 0.1) is 6.54 Å². The van der Waals surface area contributed by atoms with E-state index in [1.54, 1.807) is 12.4 Å². The van der Waals surface area contributed by atoms with Crippen molar-refractivity contribution in [1.29, 1.82) is 0 Å². The Morgan fingerprint density at radius 2 is 2.08 bits per heavy atom. The Labute approximate surface area is 71.0 Å². The van der Waals surface area contributed by atoms with Gasteiger partial charge in [0.15, 0.2) is 0 Å². The number of aromatic nitrogens is 1. The maximum atomic E-state index is 11.9. The van der Waals surface area contributed by atoms with E-state index in [-0.39, 0.29) is 6.54 Å². The number of hydrogen-bond acceptors (Lipinski definition) is 0. The van der Waals surface area contributed by atoms with Gasteiger partial charge in [-0.2, -0.15) is 0 Å². The molecule has 0 amide bonds. The first-order valence-electron chi connectivity index (χ1n) is 4.03. The second-order valence-electron chi connectivity index (χ2n) is 3.19. The van der Waals surface area contributed by atoms with E-state index in [1.807, 2.05) is 19.9 Å². The monoisotopic (exact) mass is 173 g/mol. The van der Waals surface area contributed by atoms with Crippen LogP contribution in [0.1, 0.15) is 25.3 Å². The van der Waals surface area contributed by atoms with Crippen molar-refractivity contribution >= 4 is 0 Å². The summed E-state index contributed by atoms with van der Waals surface area (Å²) < 4.78 is 25.3. The maximum absolute atomic E-state index is 11.9. The Kier molecular flexibility index (Phi) is 2.84. The third-order valence-electron chi connectivity index (χ3n) is 1.79. The van der Waals surface area contributed by atoms with Gasteiger partial charge in [0.25, 0.3) is 6.43 Å². The minimum Gasteiger partial charge on any atom is -0.348 e. The largest absolute Gasteiger partial charge is 0.348 e. The molecule has 1 aromatic rings. The van der Waals surface area contributed by atoms with Crippen molar-refractivity contribution in [3.63, 3.8) is 0 Å². The molecule has 0 N–H and O–H groups in total. The van der Waals surface area contributed by atoms with Crippen LogP contribution in [0.15, 0.2) is 18.5 Å². The summed E-state index contributed by atoms with van der Waals surface area (Å²) >= 11 is 0. The molecule has 1 aromatic heterocycles. The lowest BCUT2D eigenvalue weighted by Crippen LogP contribution is -2.03. The van der Waals surface area contributed by atoms with Crippen LogP contribution in [0.25, 0.3) is 0 Å². The van der Waals surface area contributed by atoms with Crippen molar-refractivity contribution in [2.45, 2.75) is 32.7 Å². The molecule has 0 radical (unpaired) electrons. The van der Waals surface area contributed by atoms with E-state index in [9.17, 15) is 8.78 Å². The highest BCUT2D eigenvalue weighted by Gasteiger charge is 2.05. The average Bonchev–Trinajstić information content (AvgIpc) is 2.34. The van der Waals surface area contributed by atoms with E-state index in [0.717, 1.165) is 5.56 Å². The fraction of sp³-hybridized carbons (Fsp3) is 0.556. The Hall–Kier alpha value is -0.860. The standard InChI is InChI=1S/C9H13F2N/c1-7(2)8-3-4-12(5-8)6-9(10)11/h3-5,7,9H,6H2,1-2H3. The predicted octanol–water partition coefficient (Wildman–Crippen LogP) is 2.88. The summed E-state index contributed by atoms with van der Waals surface area (Å²) in [5, 5.41) is 0. The van der Waals surface area contributed by atoms with E-state index in [2.05, 4.69) is 0 Å². The molecule has 68 valence electrons. The van der Waals surface area contributed by atoms with Crippen LogP contribution in [-0.4, -0.2) is 11.0 Å². The van der Waals surface area contributed by atoms with Gasteiger partial charge in [-0.3, -0.25) is 0 Å². The van der Waals surface area contributed by atoms with Crippen LogP contribution in [0, 0.1) is 0 Å². The molecule has 1 rings (SSSR count). The molecule has 3 heteroatoms. The molecule has 0 aliphatic rings. The molecule has 0 unspecified atom stereocenters. The SMILES string of the molecule is CC(C)c1ccn(CC(F)F)c1. The number of nitrogens with zero attached hydrogens (tertiary/aromatic N) is 1. The summed E-state index contributed by atoms with van der Waals surface area (Å²) in [6.45, 7) is 3.89. The van der Waals surface area contributed by atoms with Crippen LogP contribution in [-0.2, 0) is 6.54 Å². The van der Waals surface area contributed by atoms with Gasteiger partial charge >= 0.3 is 0 Å². The average molecular weight is 173 g/mol. The number of alkyl halides is 2. The van der Waals surface area contributed by atoms with Gasteiger partial charge < -0.3 is 4.57 Å². The molecule has 0 aliphatic carbocycles. The minimum absolute atomic E-state index is 0.202. The molecule has 0 atom stereocenters.